The topological polar surface area (TPSA) is 77.0 Å². The Morgan fingerprint density at radius 3 is 2.52 bits per heavy atom. The van der Waals surface area contributed by atoms with Gasteiger partial charge in [-0.3, -0.25) is 4.99 Å². The monoisotopic (exact) mass is 522 g/mol. The van der Waals surface area contributed by atoms with Gasteiger partial charge in [0.25, 0.3) is 0 Å². The standard InChI is InChI=1S/C19H24F2N4O3.HI/c1-4-27-15-9-5-7-13(17(15)28-18(20)21)11-23-19(22-2)24-12-14-8-6-10-16(25-14)26-3;/h5-10,18H,4,11-12H2,1-3H3,(H2,22,23,24);1H. The molecule has 0 unspecified atom stereocenters. The van der Waals surface area contributed by atoms with Crippen LogP contribution >= 0.6 is 24.0 Å². The molecule has 0 saturated heterocycles. The summed E-state index contributed by atoms with van der Waals surface area (Å²) >= 11 is 0. The molecule has 1 heterocycles. The fraction of sp³-hybridized carbons (Fsp3) is 0.368. The molecule has 0 aliphatic heterocycles. The molecule has 0 aliphatic rings. The zero-order valence-electron chi connectivity index (χ0n) is 16.4. The maximum absolute atomic E-state index is 12.8. The number of aromatic nitrogens is 1. The number of ether oxygens (including phenoxy) is 3. The fourth-order valence-electron chi connectivity index (χ4n) is 2.44. The van der Waals surface area contributed by atoms with E-state index in [0.717, 1.165) is 5.69 Å². The summed E-state index contributed by atoms with van der Waals surface area (Å²) in [5.41, 5.74) is 1.29. The number of para-hydroxylation sites is 1. The van der Waals surface area contributed by atoms with Gasteiger partial charge in [-0.1, -0.05) is 18.2 Å². The van der Waals surface area contributed by atoms with Crippen molar-refractivity contribution in [1.29, 1.82) is 0 Å². The molecule has 29 heavy (non-hydrogen) atoms. The van der Waals surface area contributed by atoms with Crippen LogP contribution in [0.1, 0.15) is 18.2 Å². The lowest BCUT2D eigenvalue weighted by atomic mass is 10.2. The van der Waals surface area contributed by atoms with Crippen molar-refractivity contribution in [3.63, 3.8) is 0 Å². The van der Waals surface area contributed by atoms with Crippen LogP contribution in [0.4, 0.5) is 8.78 Å². The van der Waals surface area contributed by atoms with E-state index < -0.39 is 6.61 Å². The molecule has 0 amide bonds. The highest BCUT2D eigenvalue weighted by Gasteiger charge is 2.16. The van der Waals surface area contributed by atoms with Crippen molar-refractivity contribution >= 4 is 29.9 Å². The number of nitrogens with one attached hydrogen (secondary N) is 2. The van der Waals surface area contributed by atoms with Gasteiger partial charge in [-0.2, -0.15) is 8.78 Å². The summed E-state index contributed by atoms with van der Waals surface area (Å²) < 4.78 is 40.8. The van der Waals surface area contributed by atoms with Crippen LogP contribution in [0.3, 0.4) is 0 Å². The number of nitrogens with zero attached hydrogens (tertiary/aromatic N) is 2. The number of hydrogen-bond acceptors (Lipinski definition) is 5. The molecule has 0 saturated carbocycles. The molecular formula is C19H25F2IN4O3. The van der Waals surface area contributed by atoms with E-state index in [0.29, 0.717) is 30.6 Å². The van der Waals surface area contributed by atoms with Crippen molar-refractivity contribution in [3.8, 4) is 17.4 Å². The highest BCUT2D eigenvalue weighted by atomic mass is 127. The van der Waals surface area contributed by atoms with Crippen LogP contribution in [-0.4, -0.2) is 38.3 Å². The van der Waals surface area contributed by atoms with Crippen LogP contribution < -0.4 is 24.8 Å². The Kier molecular flexibility index (Phi) is 11.0. The van der Waals surface area contributed by atoms with E-state index in [2.05, 4.69) is 25.3 Å². The molecular weight excluding hydrogens is 497 g/mol. The van der Waals surface area contributed by atoms with Crippen molar-refractivity contribution in [3.05, 3.63) is 47.7 Å². The van der Waals surface area contributed by atoms with Crippen LogP contribution in [0.25, 0.3) is 0 Å². The Morgan fingerprint density at radius 2 is 1.86 bits per heavy atom. The quantitative estimate of drug-likeness (QED) is 0.298. The summed E-state index contributed by atoms with van der Waals surface area (Å²) in [5.74, 6) is 1.28. The second-order valence-electron chi connectivity index (χ2n) is 5.51. The lowest BCUT2D eigenvalue weighted by molar-refractivity contribution is -0.0520. The molecule has 7 nitrogen and oxygen atoms in total. The van der Waals surface area contributed by atoms with E-state index in [1.165, 1.54) is 0 Å². The lowest BCUT2D eigenvalue weighted by Crippen LogP contribution is -2.36. The first-order valence-electron chi connectivity index (χ1n) is 8.71. The van der Waals surface area contributed by atoms with E-state index >= 15 is 0 Å². The molecule has 2 aromatic rings. The molecule has 0 atom stereocenters. The lowest BCUT2D eigenvalue weighted by Gasteiger charge is -2.17. The van der Waals surface area contributed by atoms with Gasteiger partial charge in [0.15, 0.2) is 17.5 Å². The largest absolute Gasteiger partial charge is 0.490 e. The van der Waals surface area contributed by atoms with Gasteiger partial charge in [0.1, 0.15) is 0 Å². The van der Waals surface area contributed by atoms with Gasteiger partial charge in [0.2, 0.25) is 5.88 Å². The van der Waals surface area contributed by atoms with Crippen LogP contribution in [0.5, 0.6) is 17.4 Å². The minimum Gasteiger partial charge on any atom is -0.490 e. The van der Waals surface area contributed by atoms with Crippen LogP contribution in [0.2, 0.25) is 0 Å². The number of hydrogen-bond donors (Lipinski definition) is 2. The molecule has 1 aromatic heterocycles. The minimum atomic E-state index is -2.95. The van der Waals surface area contributed by atoms with E-state index in [9.17, 15) is 8.78 Å². The zero-order valence-corrected chi connectivity index (χ0v) is 18.8. The van der Waals surface area contributed by atoms with Gasteiger partial charge >= 0.3 is 6.61 Å². The number of alkyl halides is 2. The summed E-state index contributed by atoms with van der Waals surface area (Å²) in [6, 6.07) is 10.4. The van der Waals surface area contributed by atoms with Gasteiger partial charge in [-0.25, -0.2) is 4.98 Å². The maximum Gasteiger partial charge on any atom is 0.387 e. The number of aliphatic imine (C=N–C) groups is 1. The third kappa shape index (κ3) is 7.87. The second kappa shape index (κ2) is 13.0. The first kappa shape index (κ1) is 24.7. The maximum atomic E-state index is 12.8. The number of pyridine rings is 1. The summed E-state index contributed by atoms with van der Waals surface area (Å²) in [7, 11) is 3.16. The highest BCUT2D eigenvalue weighted by molar-refractivity contribution is 14.0. The first-order chi connectivity index (χ1) is 13.6. The van der Waals surface area contributed by atoms with E-state index in [4.69, 9.17) is 9.47 Å². The van der Waals surface area contributed by atoms with Gasteiger partial charge in [0.05, 0.1) is 26.0 Å². The zero-order chi connectivity index (χ0) is 20.4. The molecule has 0 fully saturated rings. The van der Waals surface area contributed by atoms with Gasteiger partial charge < -0.3 is 24.8 Å². The summed E-state index contributed by atoms with van der Waals surface area (Å²) in [6.07, 6.45) is 0. The smallest absolute Gasteiger partial charge is 0.387 e. The van der Waals surface area contributed by atoms with Crippen LogP contribution in [-0.2, 0) is 13.1 Å². The third-order valence-corrected chi connectivity index (χ3v) is 3.66. The van der Waals surface area contributed by atoms with Crippen LogP contribution in [0.15, 0.2) is 41.4 Å². The SMILES string of the molecule is CCOc1cccc(CNC(=NC)NCc2cccc(OC)n2)c1OC(F)F.I. The predicted octanol–water partition coefficient (Wildman–Crippen LogP) is 3.57. The minimum absolute atomic E-state index is 0. The average Bonchev–Trinajstić information content (AvgIpc) is 2.70. The molecule has 2 rings (SSSR count). The molecule has 1 aromatic carbocycles. The Balaban J connectivity index is 0.00000420. The van der Waals surface area contributed by atoms with Crippen molar-refractivity contribution in [2.24, 2.45) is 4.99 Å². The fourth-order valence-corrected chi connectivity index (χ4v) is 2.44. The van der Waals surface area contributed by atoms with Crippen molar-refractivity contribution in [2.75, 3.05) is 20.8 Å². The van der Waals surface area contributed by atoms with Crippen molar-refractivity contribution in [2.45, 2.75) is 26.6 Å². The summed E-state index contributed by atoms with van der Waals surface area (Å²) in [6.45, 7) is -0.204. The van der Waals surface area contributed by atoms with E-state index in [1.54, 1.807) is 45.3 Å². The molecule has 160 valence electrons. The van der Waals surface area contributed by atoms with Gasteiger partial charge in [-0.05, 0) is 19.1 Å². The van der Waals surface area contributed by atoms with Gasteiger partial charge in [-0.15, -0.1) is 24.0 Å². The number of halogens is 3. The predicted molar refractivity (Wildman–Crippen MR) is 117 cm³/mol. The molecule has 0 radical (unpaired) electrons. The van der Waals surface area contributed by atoms with Crippen LogP contribution in [0, 0.1) is 0 Å². The normalized spacial score (nSPS) is 10.9. The number of benzene rings is 1. The first-order valence-corrected chi connectivity index (χ1v) is 8.71. The second-order valence-corrected chi connectivity index (χ2v) is 5.51. The molecule has 2 N–H and O–H groups in total. The molecule has 0 aliphatic carbocycles. The molecule has 0 bridgehead atoms. The number of guanidine groups is 1. The molecule has 10 heteroatoms. The van der Waals surface area contributed by atoms with Crippen molar-refractivity contribution in [1.82, 2.24) is 15.6 Å². The van der Waals surface area contributed by atoms with Gasteiger partial charge in [0, 0.05) is 25.2 Å². The Morgan fingerprint density at radius 1 is 1.14 bits per heavy atom. The molecule has 0 spiro atoms. The van der Waals surface area contributed by atoms with E-state index in [-0.39, 0.29) is 42.0 Å². The Hall–Kier alpha value is -2.37. The highest BCUT2D eigenvalue weighted by Crippen LogP contribution is 2.32. The average molecular weight is 522 g/mol. The number of methoxy groups -OCH3 is 1. The number of rotatable bonds is 9. The Bertz CT molecular complexity index is 794. The summed E-state index contributed by atoms with van der Waals surface area (Å²) in [4.78, 5) is 8.43. The van der Waals surface area contributed by atoms with E-state index in [1.807, 2.05) is 12.1 Å². The third-order valence-electron chi connectivity index (χ3n) is 3.66. The Labute approximate surface area is 185 Å². The van der Waals surface area contributed by atoms with Crippen molar-refractivity contribution < 1.29 is 23.0 Å². The summed E-state index contributed by atoms with van der Waals surface area (Å²) in [5, 5.41) is 6.17.